The first-order chi connectivity index (χ1) is 15.6. The number of carbonyl (C=O) groups is 3. The maximum Gasteiger partial charge on any atom is 0.419 e. The van der Waals surface area contributed by atoms with Crippen molar-refractivity contribution in [1.29, 1.82) is 0 Å². The molecule has 2 heterocycles. The highest BCUT2D eigenvalue weighted by molar-refractivity contribution is 6.39. The average Bonchev–Trinajstić information content (AvgIpc) is 2.95. The van der Waals surface area contributed by atoms with E-state index >= 15 is 0 Å². The molecule has 11 heteroatoms. The molecule has 1 N–H and O–H groups in total. The number of hydrogen-bond donors (Lipinski definition) is 1. The largest absolute Gasteiger partial charge is 0.426 e. The lowest BCUT2D eigenvalue weighted by Gasteiger charge is -2.24. The summed E-state index contributed by atoms with van der Waals surface area (Å²) in [5.41, 5.74) is -0.0714. The van der Waals surface area contributed by atoms with Crippen LogP contribution in [-0.2, 0) is 27.0 Å². The highest BCUT2D eigenvalue weighted by Gasteiger charge is 2.34. The lowest BCUT2D eigenvalue weighted by Crippen LogP contribution is -2.41. The van der Waals surface area contributed by atoms with Gasteiger partial charge >= 0.3 is 24.0 Å². The first kappa shape index (κ1) is 22.6. The molecule has 0 atom stereocenters. The third kappa shape index (κ3) is 4.91. The van der Waals surface area contributed by atoms with Crippen molar-refractivity contribution in [3.8, 4) is 5.75 Å². The molecule has 0 radical (unpaired) electrons. The highest BCUT2D eigenvalue weighted by atomic mass is 19.4. The first-order valence-corrected chi connectivity index (χ1v) is 10.2. The molecule has 2 aliphatic rings. The number of anilines is 2. The minimum Gasteiger partial charge on any atom is -0.426 e. The van der Waals surface area contributed by atoms with Crippen LogP contribution in [0.1, 0.15) is 17.5 Å². The van der Waals surface area contributed by atoms with Crippen LogP contribution in [0.25, 0.3) is 0 Å². The van der Waals surface area contributed by atoms with E-state index in [-0.39, 0.29) is 31.7 Å². The summed E-state index contributed by atoms with van der Waals surface area (Å²) in [4.78, 5) is 39.4. The average molecular weight is 465 g/mol. The van der Waals surface area contributed by atoms with E-state index < -0.39 is 35.3 Å². The second-order valence-corrected chi connectivity index (χ2v) is 7.72. The van der Waals surface area contributed by atoms with Crippen molar-refractivity contribution >= 4 is 29.2 Å². The molecule has 33 heavy (non-hydrogen) atoms. The maximum atomic E-state index is 13.9. The lowest BCUT2D eigenvalue weighted by molar-refractivity contribution is -0.143. The third-order valence-corrected chi connectivity index (χ3v) is 5.48. The van der Waals surface area contributed by atoms with Crippen LogP contribution < -0.4 is 15.0 Å². The summed E-state index contributed by atoms with van der Waals surface area (Å²) in [5.74, 6) is -3.07. The Balaban J connectivity index is 1.38. The number of carbonyl (C=O) groups excluding carboxylic acids is 3. The minimum absolute atomic E-state index is 0.136. The number of rotatable bonds is 2. The molecule has 2 aliphatic heterocycles. The Hall–Kier alpha value is -3.63. The van der Waals surface area contributed by atoms with Crippen molar-refractivity contribution in [3.63, 3.8) is 0 Å². The van der Waals surface area contributed by atoms with Crippen molar-refractivity contribution in [3.05, 3.63) is 53.3 Å². The van der Waals surface area contributed by atoms with Gasteiger partial charge in [0.15, 0.2) is 0 Å². The maximum absolute atomic E-state index is 13.9. The highest BCUT2D eigenvalue weighted by Crippen LogP contribution is 2.33. The van der Waals surface area contributed by atoms with Crippen LogP contribution in [0.15, 0.2) is 36.4 Å². The molecule has 2 aromatic carbocycles. The molecule has 0 unspecified atom stereocenters. The molecule has 1 saturated heterocycles. The smallest absolute Gasteiger partial charge is 0.419 e. The van der Waals surface area contributed by atoms with Gasteiger partial charge in [-0.1, -0.05) is 6.07 Å². The second-order valence-electron chi connectivity index (χ2n) is 7.72. The van der Waals surface area contributed by atoms with E-state index in [0.717, 1.165) is 6.07 Å². The van der Waals surface area contributed by atoms with Gasteiger partial charge in [0.05, 0.1) is 12.0 Å². The summed E-state index contributed by atoms with van der Waals surface area (Å²) in [6.07, 6.45) is -4.19. The zero-order chi connectivity index (χ0) is 23.8. The van der Waals surface area contributed by atoms with Gasteiger partial charge in [0.1, 0.15) is 11.6 Å². The van der Waals surface area contributed by atoms with Crippen LogP contribution in [0.5, 0.6) is 5.75 Å². The van der Waals surface area contributed by atoms with Gasteiger partial charge in [0.2, 0.25) is 0 Å². The van der Waals surface area contributed by atoms with Crippen molar-refractivity contribution in [2.24, 2.45) is 0 Å². The summed E-state index contributed by atoms with van der Waals surface area (Å²) in [7, 11) is 0. The Bertz CT molecular complexity index is 1120. The predicted molar refractivity (Wildman–Crippen MR) is 109 cm³/mol. The summed E-state index contributed by atoms with van der Waals surface area (Å²) in [6, 6.07) is 7.38. The van der Waals surface area contributed by atoms with Gasteiger partial charge in [-0.05, 0) is 30.7 Å². The van der Waals surface area contributed by atoms with E-state index in [2.05, 4.69) is 5.32 Å². The zero-order valence-corrected chi connectivity index (χ0v) is 17.2. The minimum atomic E-state index is -4.78. The van der Waals surface area contributed by atoms with E-state index in [9.17, 15) is 31.9 Å². The molecule has 2 aromatic rings. The summed E-state index contributed by atoms with van der Waals surface area (Å²) in [5, 5.41) is 2.48. The molecule has 0 spiro atoms. The Morgan fingerprint density at radius 2 is 1.79 bits per heavy atom. The van der Waals surface area contributed by atoms with Crippen LogP contribution >= 0.6 is 0 Å². The van der Waals surface area contributed by atoms with E-state index in [4.69, 9.17) is 4.74 Å². The fourth-order valence-corrected chi connectivity index (χ4v) is 3.83. The molecule has 4 rings (SSSR count). The molecule has 2 amide bonds. The normalized spacial score (nSPS) is 16.2. The number of hydrogen-bond acceptors (Lipinski definition) is 5. The van der Waals surface area contributed by atoms with Crippen LogP contribution in [0, 0.1) is 5.82 Å². The molecule has 0 saturated carbocycles. The predicted octanol–water partition coefficient (Wildman–Crippen LogP) is 2.98. The van der Waals surface area contributed by atoms with Crippen molar-refractivity contribution in [2.75, 3.05) is 36.4 Å². The Kier molecular flexibility index (Phi) is 5.96. The molecule has 1 fully saturated rings. The van der Waals surface area contributed by atoms with Gasteiger partial charge in [-0.15, -0.1) is 0 Å². The van der Waals surface area contributed by atoms with Crippen LogP contribution in [0.2, 0.25) is 0 Å². The number of amides is 2. The molecule has 174 valence electrons. The van der Waals surface area contributed by atoms with Crippen LogP contribution in [-0.4, -0.2) is 48.9 Å². The van der Waals surface area contributed by atoms with Crippen molar-refractivity contribution in [2.45, 2.75) is 19.0 Å². The lowest BCUT2D eigenvalue weighted by atomic mass is 10.1. The van der Waals surface area contributed by atoms with Gasteiger partial charge in [-0.25, -0.2) is 4.39 Å². The van der Waals surface area contributed by atoms with E-state index in [1.165, 1.54) is 17.0 Å². The Labute approximate surface area is 185 Å². The van der Waals surface area contributed by atoms with Crippen LogP contribution in [0.3, 0.4) is 0 Å². The molecular formula is C22H19F4N3O4. The second kappa shape index (κ2) is 8.72. The van der Waals surface area contributed by atoms with E-state index in [1.807, 2.05) is 0 Å². The van der Waals surface area contributed by atoms with Crippen LogP contribution in [0.4, 0.5) is 28.9 Å². The fourth-order valence-electron chi connectivity index (χ4n) is 3.83. The standard InChI is InChI=1S/C22H19F4N3O4/c23-17-12-15(4-5-16(17)22(24,25)26)28-6-1-7-29(9-8-28)21(32)20(31)27-14-3-2-13-10-19(30)33-18(13)11-14/h2-5,11-12H,1,6-10H2,(H,27,31). The SMILES string of the molecule is O=C1Cc2ccc(NC(=O)C(=O)N3CCCN(c4ccc(C(F)(F)F)c(F)c4)CC3)cc2O1. The number of esters is 1. The summed E-state index contributed by atoms with van der Waals surface area (Å²) in [6.45, 7) is 0.995. The van der Waals surface area contributed by atoms with Gasteiger partial charge in [0.25, 0.3) is 0 Å². The Morgan fingerprint density at radius 3 is 2.52 bits per heavy atom. The number of nitrogens with one attached hydrogen (secondary N) is 1. The Morgan fingerprint density at radius 1 is 1.00 bits per heavy atom. The third-order valence-electron chi connectivity index (χ3n) is 5.48. The van der Waals surface area contributed by atoms with Crippen molar-refractivity contribution in [1.82, 2.24) is 4.90 Å². The molecular weight excluding hydrogens is 446 g/mol. The van der Waals surface area contributed by atoms with E-state index in [0.29, 0.717) is 36.0 Å². The van der Waals surface area contributed by atoms with Gasteiger partial charge in [-0.3, -0.25) is 14.4 Å². The van der Waals surface area contributed by atoms with Gasteiger partial charge in [-0.2, -0.15) is 13.2 Å². The quantitative estimate of drug-likeness (QED) is 0.319. The molecule has 7 nitrogen and oxygen atoms in total. The molecule has 0 aliphatic carbocycles. The fraction of sp³-hybridized carbons (Fsp3) is 0.318. The topological polar surface area (TPSA) is 79.0 Å². The monoisotopic (exact) mass is 465 g/mol. The van der Waals surface area contributed by atoms with E-state index in [1.54, 1.807) is 17.0 Å². The number of ether oxygens (including phenoxy) is 1. The zero-order valence-electron chi connectivity index (χ0n) is 17.2. The number of fused-ring (bicyclic) bond motifs is 1. The summed E-state index contributed by atoms with van der Waals surface area (Å²) < 4.78 is 57.3. The molecule has 0 bridgehead atoms. The number of halogens is 4. The summed E-state index contributed by atoms with van der Waals surface area (Å²) >= 11 is 0. The number of nitrogens with zero attached hydrogens (tertiary/aromatic N) is 2. The first-order valence-electron chi connectivity index (χ1n) is 10.2. The van der Waals surface area contributed by atoms with Crippen molar-refractivity contribution < 1.29 is 36.7 Å². The number of alkyl halides is 3. The molecule has 0 aromatic heterocycles. The number of benzene rings is 2. The van der Waals surface area contributed by atoms with Gasteiger partial charge in [0, 0.05) is 49.2 Å². The van der Waals surface area contributed by atoms with Gasteiger partial charge < -0.3 is 19.9 Å².